The summed E-state index contributed by atoms with van der Waals surface area (Å²) in [4.78, 5) is 0. The molecule has 1 aliphatic rings. The Morgan fingerprint density at radius 3 is 2.94 bits per heavy atom. The summed E-state index contributed by atoms with van der Waals surface area (Å²) in [5, 5.41) is 0. The van der Waals surface area contributed by atoms with Gasteiger partial charge in [-0.3, -0.25) is 0 Å². The minimum absolute atomic E-state index is 0.103. The number of hydrogen-bond donors (Lipinski definition) is 1. The molecule has 1 atom stereocenters. The maximum atomic E-state index is 6.32. The van der Waals surface area contributed by atoms with Crippen LogP contribution >= 0.6 is 15.9 Å². The van der Waals surface area contributed by atoms with Gasteiger partial charge in [0.2, 0.25) is 0 Å². The van der Waals surface area contributed by atoms with Gasteiger partial charge in [-0.2, -0.15) is 0 Å². The zero-order valence-electron chi connectivity index (χ0n) is 11.0. The first-order chi connectivity index (χ1) is 8.72. The summed E-state index contributed by atoms with van der Waals surface area (Å²) in [6.45, 7) is 3.02. The number of benzene rings is 1. The zero-order valence-corrected chi connectivity index (χ0v) is 12.6. The first kappa shape index (κ1) is 13.9. The Balaban J connectivity index is 2.03. The highest BCUT2D eigenvalue weighted by Gasteiger charge is 2.20. The van der Waals surface area contributed by atoms with Crippen LogP contribution < -0.4 is 10.5 Å². The molecule has 0 aliphatic carbocycles. The van der Waals surface area contributed by atoms with Gasteiger partial charge in [-0.05, 0) is 24.1 Å². The maximum Gasteiger partial charge on any atom is 0.127 e. The van der Waals surface area contributed by atoms with Gasteiger partial charge in [0.05, 0.1) is 6.61 Å². The van der Waals surface area contributed by atoms with Gasteiger partial charge < -0.3 is 10.5 Å². The molecule has 2 nitrogen and oxygen atoms in total. The monoisotopic (exact) mass is 311 g/mol. The van der Waals surface area contributed by atoms with Crippen molar-refractivity contribution in [2.45, 2.75) is 51.5 Å². The molecule has 18 heavy (non-hydrogen) atoms. The summed E-state index contributed by atoms with van der Waals surface area (Å²) in [7, 11) is 0. The number of unbranched alkanes of at least 4 members (excludes halogenated alkanes) is 3. The molecule has 2 rings (SSSR count). The molecule has 0 aromatic heterocycles. The Bertz CT molecular complexity index is 406. The Morgan fingerprint density at radius 2 is 2.17 bits per heavy atom. The molecule has 0 spiro atoms. The van der Waals surface area contributed by atoms with E-state index in [0.29, 0.717) is 0 Å². The third-order valence-corrected chi connectivity index (χ3v) is 4.00. The van der Waals surface area contributed by atoms with Crippen LogP contribution in [0.25, 0.3) is 0 Å². The van der Waals surface area contributed by atoms with Crippen LogP contribution in [-0.4, -0.2) is 6.61 Å². The maximum absolute atomic E-state index is 6.32. The molecule has 0 amide bonds. The second-order valence-electron chi connectivity index (χ2n) is 5.04. The second-order valence-corrected chi connectivity index (χ2v) is 5.95. The van der Waals surface area contributed by atoms with Gasteiger partial charge in [-0.15, -0.1) is 0 Å². The van der Waals surface area contributed by atoms with E-state index >= 15 is 0 Å². The number of fused-ring (bicyclic) bond motifs is 1. The standard InChI is InChI=1S/C15H22BrNO/c1-2-3-4-5-6-14(17)13-10-12(16)9-11-7-8-18-15(11)13/h9-10,14H,2-8,17H2,1H3. The minimum Gasteiger partial charge on any atom is -0.493 e. The van der Waals surface area contributed by atoms with E-state index < -0.39 is 0 Å². The van der Waals surface area contributed by atoms with Crippen molar-refractivity contribution < 1.29 is 4.74 Å². The molecule has 2 N–H and O–H groups in total. The Kier molecular flexibility index (Phi) is 5.07. The fraction of sp³-hybridized carbons (Fsp3) is 0.600. The summed E-state index contributed by atoms with van der Waals surface area (Å²) < 4.78 is 6.85. The van der Waals surface area contributed by atoms with E-state index in [-0.39, 0.29) is 6.04 Å². The summed E-state index contributed by atoms with van der Waals surface area (Å²) in [5.41, 5.74) is 8.79. The highest BCUT2D eigenvalue weighted by molar-refractivity contribution is 9.10. The van der Waals surface area contributed by atoms with E-state index in [9.17, 15) is 0 Å². The number of hydrogen-bond acceptors (Lipinski definition) is 2. The smallest absolute Gasteiger partial charge is 0.127 e. The molecule has 1 aromatic carbocycles. The van der Waals surface area contributed by atoms with E-state index in [1.54, 1.807) is 0 Å². The average Bonchev–Trinajstić information content (AvgIpc) is 2.81. The second kappa shape index (κ2) is 6.58. The lowest BCUT2D eigenvalue weighted by Gasteiger charge is -2.16. The van der Waals surface area contributed by atoms with E-state index in [2.05, 4.69) is 35.0 Å². The largest absolute Gasteiger partial charge is 0.493 e. The van der Waals surface area contributed by atoms with Gasteiger partial charge in [0.25, 0.3) is 0 Å². The number of nitrogens with two attached hydrogens (primary N) is 1. The molecular weight excluding hydrogens is 290 g/mol. The van der Waals surface area contributed by atoms with Gasteiger partial charge in [0, 0.05) is 22.5 Å². The SMILES string of the molecule is CCCCCCC(N)c1cc(Br)cc2c1OCC2. The van der Waals surface area contributed by atoms with Crippen molar-refractivity contribution in [2.24, 2.45) is 5.73 Å². The predicted octanol–water partition coefficient (Wildman–Crippen LogP) is 4.35. The van der Waals surface area contributed by atoms with Crippen LogP contribution in [-0.2, 0) is 6.42 Å². The normalized spacial score (nSPS) is 15.3. The van der Waals surface area contributed by atoms with Crippen molar-refractivity contribution in [1.82, 2.24) is 0 Å². The third-order valence-electron chi connectivity index (χ3n) is 3.55. The fourth-order valence-corrected chi connectivity index (χ4v) is 3.04. The lowest BCUT2D eigenvalue weighted by molar-refractivity contribution is 0.350. The zero-order chi connectivity index (χ0) is 13.0. The Hall–Kier alpha value is -0.540. The lowest BCUT2D eigenvalue weighted by atomic mass is 9.98. The van der Waals surface area contributed by atoms with Crippen molar-refractivity contribution >= 4 is 15.9 Å². The summed E-state index contributed by atoms with van der Waals surface area (Å²) in [6.07, 6.45) is 7.11. The highest BCUT2D eigenvalue weighted by Crippen LogP contribution is 2.37. The third kappa shape index (κ3) is 3.27. The Labute approximate surface area is 118 Å². The number of ether oxygens (including phenoxy) is 1. The predicted molar refractivity (Wildman–Crippen MR) is 79.0 cm³/mol. The van der Waals surface area contributed by atoms with Crippen molar-refractivity contribution in [2.75, 3.05) is 6.61 Å². The number of halogens is 1. The van der Waals surface area contributed by atoms with Crippen molar-refractivity contribution in [3.05, 3.63) is 27.7 Å². The van der Waals surface area contributed by atoms with Crippen LogP contribution in [0.3, 0.4) is 0 Å². The molecule has 0 saturated heterocycles. The van der Waals surface area contributed by atoms with E-state index in [0.717, 1.165) is 29.7 Å². The summed E-state index contributed by atoms with van der Waals surface area (Å²) >= 11 is 3.57. The molecule has 1 aliphatic heterocycles. The average molecular weight is 312 g/mol. The van der Waals surface area contributed by atoms with E-state index in [4.69, 9.17) is 10.5 Å². The topological polar surface area (TPSA) is 35.2 Å². The van der Waals surface area contributed by atoms with Gasteiger partial charge in [0.15, 0.2) is 0 Å². The van der Waals surface area contributed by atoms with Crippen molar-refractivity contribution in [3.63, 3.8) is 0 Å². The van der Waals surface area contributed by atoms with Crippen LogP contribution in [0.2, 0.25) is 0 Å². The van der Waals surface area contributed by atoms with Crippen LogP contribution in [0.15, 0.2) is 16.6 Å². The van der Waals surface area contributed by atoms with Crippen LogP contribution in [0, 0.1) is 0 Å². The number of rotatable bonds is 6. The highest BCUT2D eigenvalue weighted by atomic mass is 79.9. The molecule has 1 heterocycles. The van der Waals surface area contributed by atoms with Crippen molar-refractivity contribution in [1.29, 1.82) is 0 Å². The molecule has 0 bridgehead atoms. The molecular formula is C15H22BrNO. The molecule has 1 unspecified atom stereocenters. The van der Waals surface area contributed by atoms with Gasteiger partial charge in [0.1, 0.15) is 5.75 Å². The first-order valence-electron chi connectivity index (χ1n) is 6.93. The van der Waals surface area contributed by atoms with Crippen LogP contribution in [0.5, 0.6) is 5.75 Å². The molecule has 0 radical (unpaired) electrons. The fourth-order valence-electron chi connectivity index (χ4n) is 2.52. The summed E-state index contributed by atoms with van der Waals surface area (Å²) in [6, 6.07) is 4.37. The molecule has 3 heteroatoms. The van der Waals surface area contributed by atoms with Gasteiger partial charge >= 0.3 is 0 Å². The lowest BCUT2D eigenvalue weighted by Crippen LogP contribution is -2.11. The minimum atomic E-state index is 0.103. The Morgan fingerprint density at radius 1 is 1.33 bits per heavy atom. The molecule has 100 valence electrons. The molecule has 0 saturated carbocycles. The van der Waals surface area contributed by atoms with Gasteiger partial charge in [-0.1, -0.05) is 48.5 Å². The van der Waals surface area contributed by atoms with E-state index in [1.807, 2.05) is 0 Å². The van der Waals surface area contributed by atoms with Crippen LogP contribution in [0.4, 0.5) is 0 Å². The molecule has 0 fully saturated rings. The van der Waals surface area contributed by atoms with Crippen LogP contribution in [0.1, 0.15) is 56.2 Å². The molecule has 1 aromatic rings. The van der Waals surface area contributed by atoms with Crippen molar-refractivity contribution in [3.8, 4) is 5.75 Å². The van der Waals surface area contributed by atoms with Gasteiger partial charge in [-0.25, -0.2) is 0 Å². The quantitative estimate of drug-likeness (QED) is 0.792. The first-order valence-corrected chi connectivity index (χ1v) is 7.72. The van der Waals surface area contributed by atoms with E-state index in [1.165, 1.54) is 36.8 Å². The summed E-state index contributed by atoms with van der Waals surface area (Å²) in [5.74, 6) is 1.04.